The van der Waals surface area contributed by atoms with Crippen molar-refractivity contribution in [2.75, 3.05) is 6.54 Å². The van der Waals surface area contributed by atoms with Crippen molar-refractivity contribution in [1.29, 1.82) is 0 Å². The molecule has 10 heteroatoms. The van der Waals surface area contributed by atoms with E-state index in [4.69, 9.17) is 16.7 Å². The number of hydrogen-bond acceptors (Lipinski definition) is 5. The molecule has 0 spiro atoms. The van der Waals surface area contributed by atoms with Gasteiger partial charge in [0.05, 0.1) is 15.5 Å². The molecule has 1 aromatic carbocycles. The highest BCUT2D eigenvalue weighted by Crippen LogP contribution is 2.22. The van der Waals surface area contributed by atoms with E-state index in [-0.39, 0.29) is 28.6 Å². The zero-order chi connectivity index (χ0) is 20.6. The van der Waals surface area contributed by atoms with Crippen LogP contribution in [0.2, 0.25) is 5.02 Å². The number of carboxylic acid groups (broad SMARTS) is 1. The Morgan fingerprint density at radius 1 is 1.26 bits per heavy atom. The van der Waals surface area contributed by atoms with Crippen LogP contribution in [-0.2, 0) is 9.59 Å². The quantitative estimate of drug-likeness (QED) is 0.313. The molecule has 1 rings (SSSR count). The molecule has 1 atom stereocenters. The van der Waals surface area contributed by atoms with Crippen LogP contribution >= 0.6 is 11.6 Å². The van der Waals surface area contributed by atoms with E-state index in [2.05, 4.69) is 10.6 Å². The number of rotatable bonds is 10. The molecule has 0 aliphatic heterocycles. The van der Waals surface area contributed by atoms with Gasteiger partial charge in [-0.3, -0.25) is 24.5 Å². The number of hydrogen-bond donors (Lipinski definition) is 3. The van der Waals surface area contributed by atoms with Crippen LogP contribution in [0.5, 0.6) is 0 Å². The van der Waals surface area contributed by atoms with Gasteiger partial charge < -0.3 is 15.7 Å². The lowest BCUT2D eigenvalue weighted by molar-refractivity contribution is -0.384. The first-order valence-electron chi connectivity index (χ1n) is 8.37. The normalized spacial score (nSPS) is 11.7. The molecular weight excluding hydrogens is 378 g/mol. The zero-order valence-electron chi connectivity index (χ0n) is 15.0. The molecule has 0 heterocycles. The molecule has 27 heavy (non-hydrogen) atoms. The maximum atomic E-state index is 12.4. The van der Waals surface area contributed by atoms with E-state index in [9.17, 15) is 24.5 Å². The Balaban J connectivity index is 2.70. The zero-order valence-corrected chi connectivity index (χ0v) is 15.8. The molecular formula is C17H22ClN3O6. The minimum absolute atomic E-state index is 0.0266. The summed E-state index contributed by atoms with van der Waals surface area (Å²) in [6.07, 6.45) is 0.969. The van der Waals surface area contributed by atoms with Crippen molar-refractivity contribution in [3.8, 4) is 0 Å². The lowest BCUT2D eigenvalue weighted by Gasteiger charge is -2.22. The topological polar surface area (TPSA) is 139 Å². The highest BCUT2D eigenvalue weighted by Gasteiger charge is 2.25. The molecule has 0 fully saturated rings. The largest absolute Gasteiger partial charge is 0.481 e. The highest BCUT2D eigenvalue weighted by atomic mass is 35.5. The fourth-order valence-corrected chi connectivity index (χ4v) is 2.54. The van der Waals surface area contributed by atoms with Gasteiger partial charge in [0.1, 0.15) is 6.04 Å². The fraction of sp³-hybridized carbons (Fsp3) is 0.471. The number of nitro groups is 1. The molecule has 3 N–H and O–H groups in total. The third-order valence-electron chi connectivity index (χ3n) is 3.76. The summed E-state index contributed by atoms with van der Waals surface area (Å²) in [6.45, 7) is 3.81. The van der Waals surface area contributed by atoms with Gasteiger partial charge in [-0.2, -0.15) is 0 Å². The predicted molar refractivity (Wildman–Crippen MR) is 98.7 cm³/mol. The summed E-state index contributed by atoms with van der Waals surface area (Å²) in [6, 6.07) is 2.64. The van der Waals surface area contributed by atoms with Gasteiger partial charge in [0, 0.05) is 25.1 Å². The highest BCUT2D eigenvalue weighted by molar-refractivity contribution is 6.34. The van der Waals surface area contributed by atoms with Crippen LogP contribution in [0.1, 0.15) is 43.5 Å². The van der Waals surface area contributed by atoms with Gasteiger partial charge in [-0.25, -0.2) is 0 Å². The van der Waals surface area contributed by atoms with E-state index in [1.54, 1.807) is 13.8 Å². The van der Waals surface area contributed by atoms with Crippen molar-refractivity contribution in [2.45, 2.75) is 39.2 Å². The molecule has 1 unspecified atom stereocenters. The lowest BCUT2D eigenvalue weighted by atomic mass is 10.0. The SMILES string of the molecule is CC(C)C(NC(=O)c1ccc([N+](=O)[O-])cc1Cl)C(=O)NCCCCC(=O)O. The van der Waals surface area contributed by atoms with E-state index in [1.807, 2.05) is 0 Å². The summed E-state index contributed by atoms with van der Waals surface area (Å²) in [4.78, 5) is 45.3. The van der Waals surface area contributed by atoms with Crippen LogP contribution in [0.25, 0.3) is 0 Å². The van der Waals surface area contributed by atoms with Crippen molar-refractivity contribution in [3.63, 3.8) is 0 Å². The van der Waals surface area contributed by atoms with Crippen molar-refractivity contribution in [2.24, 2.45) is 5.92 Å². The Labute approximate surface area is 161 Å². The van der Waals surface area contributed by atoms with E-state index in [0.717, 1.165) is 12.1 Å². The second-order valence-electron chi connectivity index (χ2n) is 6.26. The fourth-order valence-electron chi connectivity index (χ4n) is 2.28. The summed E-state index contributed by atoms with van der Waals surface area (Å²) in [5.74, 6) is -2.13. The summed E-state index contributed by atoms with van der Waals surface area (Å²) in [7, 11) is 0. The first kappa shape index (κ1) is 22.4. The van der Waals surface area contributed by atoms with Crippen molar-refractivity contribution >= 4 is 35.1 Å². The Hall–Kier alpha value is -2.68. The number of halogens is 1. The van der Waals surface area contributed by atoms with Crippen molar-refractivity contribution < 1.29 is 24.4 Å². The average Bonchev–Trinajstić information content (AvgIpc) is 2.58. The number of carboxylic acids is 1. The Morgan fingerprint density at radius 3 is 2.44 bits per heavy atom. The van der Waals surface area contributed by atoms with Gasteiger partial charge in [-0.1, -0.05) is 25.4 Å². The van der Waals surface area contributed by atoms with E-state index < -0.39 is 28.7 Å². The van der Waals surface area contributed by atoms with Gasteiger partial charge in [0.2, 0.25) is 5.91 Å². The summed E-state index contributed by atoms with van der Waals surface area (Å²) < 4.78 is 0. The Kier molecular flexibility index (Phi) is 8.67. The number of carbonyl (C=O) groups excluding carboxylic acids is 2. The van der Waals surface area contributed by atoms with E-state index in [0.29, 0.717) is 19.4 Å². The van der Waals surface area contributed by atoms with Gasteiger partial charge in [0.15, 0.2) is 0 Å². The van der Waals surface area contributed by atoms with E-state index >= 15 is 0 Å². The molecule has 0 radical (unpaired) electrons. The molecule has 0 aliphatic carbocycles. The molecule has 1 aromatic rings. The van der Waals surface area contributed by atoms with Crippen LogP contribution < -0.4 is 10.6 Å². The van der Waals surface area contributed by atoms with Gasteiger partial charge in [0.25, 0.3) is 11.6 Å². The molecule has 9 nitrogen and oxygen atoms in total. The summed E-state index contributed by atoms with van der Waals surface area (Å²) >= 11 is 5.94. The number of carbonyl (C=O) groups is 3. The third-order valence-corrected chi connectivity index (χ3v) is 4.07. The minimum Gasteiger partial charge on any atom is -0.481 e. The minimum atomic E-state index is -0.895. The molecule has 0 saturated carbocycles. The van der Waals surface area contributed by atoms with Crippen LogP contribution in [0.3, 0.4) is 0 Å². The van der Waals surface area contributed by atoms with Crippen LogP contribution in [-0.4, -0.2) is 40.4 Å². The smallest absolute Gasteiger partial charge is 0.303 e. The second kappa shape index (κ2) is 10.5. The molecule has 148 valence electrons. The number of amides is 2. The summed E-state index contributed by atoms with van der Waals surface area (Å²) in [5.41, 5.74) is -0.210. The van der Waals surface area contributed by atoms with Crippen molar-refractivity contribution in [3.05, 3.63) is 38.9 Å². The van der Waals surface area contributed by atoms with Crippen LogP contribution in [0, 0.1) is 16.0 Å². The summed E-state index contributed by atoms with van der Waals surface area (Å²) in [5, 5.41) is 24.5. The standard InChI is InChI=1S/C17H22ClN3O6/c1-10(2)15(17(25)19-8-4-3-5-14(22)23)20-16(24)12-7-6-11(21(26)27)9-13(12)18/h6-7,9-10,15H,3-5,8H2,1-2H3,(H,19,25)(H,20,24)(H,22,23). The Morgan fingerprint density at radius 2 is 1.93 bits per heavy atom. The molecule has 0 aromatic heterocycles. The molecule has 0 aliphatic rings. The predicted octanol–water partition coefficient (Wildman–Crippen LogP) is 2.37. The second-order valence-corrected chi connectivity index (χ2v) is 6.67. The number of nitro benzene ring substituents is 1. The van der Waals surface area contributed by atoms with Crippen LogP contribution in [0.15, 0.2) is 18.2 Å². The number of non-ortho nitro benzene ring substituents is 1. The van der Waals surface area contributed by atoms with Gasteiger partial charge in [-0.05, 0) is 24.8 Å². The molecule has 2 amide bonds. The molecule has 0 saturated heterocycles. The van der Waals surface area contributed by atoms with Gasteiger partial charge >= 0.3 is 5.97 Å². The molecule has 0 bridgehead atoms. The maximum Gasteiger partial charge on any atom is 0.303 e. The van der Waals surface area contributed by atoms with E-state index in [1.165, 1.54) is 6.07 Å². The van der Waals surface area contributed by atoms with Gasteiger partial charge in [-0.15, -0.1) is 0 Å². The average molecular weight is 400 g/mol. The maximum absolute atomic E-state index is 12.4. The van der Waals surface area contributed by atoms with Crippen LogP contribution in [0.4, 0.5) is 5.69 Å². The van der Waals surface area contributed by atoms with Crippen molar-refractivity contribution in [1.82, 2.24) is 10.6 Å². The first-order chi connectivity index (χ1) is 12.6. The first-order valence-corrected chi connectivity index (χ1v) is 8.75. The number of aliphatic carboxylic acids is 1. The number of unbranched alkanes of at least 4 members (excludes halogenated alkanes) is 1. The Bertz CT molecular complexity index is 723. The monoisotopic (exact) mass is 399 g/mol. The number of nitrogens with one attached hydrogen (secondary N) is 2. The lowest BCUT2D eigenvalue weighted by Crippen LogP contribution is -2.49. The third kappa shape index (κ3) is 7.22. The number of benzene rings is 1. The number of nitrogens with zero attached hydrogens (tertiary/aromatic N) is 1.